The molecule has 0 radical (unpaired) electrons. The lowest BCUT2D eigenvalue weighted by Gasteiger charge is -2.23. The SMILES string of the molecule is O=C(OCC1c2ccccc2-c2ccccc21)N1CCC(O)(c2cccnc2)C1. The molecule has 1 unspecified atom stereocenters. The van der Waals surface area contributed by atoms with E-state index in [-0.39, 0.29) is 25.2 Å². The van der Waals surface area contributed by atoms with Crippen LogP contribution in [0.25, 0.3) is 11.1 Å². The molecular formula is C24H22N2O3. The lowest BCUT2D eigenvalue weighted by molar-refractivity contribution is 0.0411. The van der Waals surface area contributed by atoms with Gasteiger partial charge in [-0.05, 0) is 34.7 Å². The molecule has 5 rings (SSSR count). The van der Waals surface area contributed by atoms with Gasteiger partial charge in [-0.1, -0.05) is 54.6 Å². The van der Waals surface area contributed by atoms with Crippen molar-refractivity contribution in [2.75, 3.05) is 19.7 Å². The first kappa shape index (κ1) is 17.9. The number of aliphatic hydroxyl groups is 1. The highest BCUT2D eigenvalue weighted by atomic mass is 16.6. The molecule has 1 aliphatic heterocycles. The van der Waals surface area contributed by atoms with Crippen molar-refractivity contribution in [3.8, 4) is 11.1 Å². The van der Waals surface area contributed by atoms with Crippen molar-refractivity contribution in [2.24, 2.45) is 0 Å². The molecule has 0 spiro atoms. The van der Waals surface area contributed by atoms with E-state index in [2.05, 4.69) is 29.2 Å². The number of β-amino-alcohol motifs (C(OH)–C–C–N with tert-alkyl or cyclic N) is 1. The van der Waals surface area contributed by atoms with E-state index in [1.807, 2.05) is 30.3 Å². The zero-order valence-electron chi connectivity index (χ0n) is 16.0. The van der Waals surface area contributed by atoms with Crippen molar-refractivity contribution in [3.05, 3.63) is 89.7 Å². The van der Waals surface area contributed by atoms with Crippen LogP contribution >= 0.6 is 0 Å². The number of benzene rings is 2. The van der Waals surface area contributed by atoms with Crippen LogP contribution in [0.1, 0.15) is 29.0 Å². The van der Waals surface area contributed by atoms with Gasteiger partial charge in [0, 0.05) is 30.4 Å². The summed E-state index contributed by atoms with van der Waals surface area (Å²) >= 11 is 0. The van der Waals surface area contributed by atoms with E-state index in [1.165, 1.54) is 22.3 Å². The molecule has 5 nitrogen and oxygen atoms in total. The van der Waals surface area contributed by atoms with Crippen LogP contribution < -0.4 is 0 Å². The molecule has 1 amide bonds. The minimum atomic E-state index is -1.07. The summed E-state index contributed by atoms with van der Waals surface area (Å²) in [7, 11) is 0. The molecule has 2 aromatic carbocycles. The Labute approximate surface area is 169 Å². The summed E-state index contributed by atoms with van der Waals surface area (Å²) in [6.07, 6.45) is 3.42. The summed E-state index contributed by atoms with van der Waals surface area (Å²) in [5.41, 5.74) is 4.45. The lowest BCUT2D eigenvalue weighted by Crippen LogP contribution is -2.35. The summed E-state index contributed by atoms with van der Waals surface area (Å²) in [5, 5.41) is 10.9. The molecule has 1 aromatic heterocycles. The van der Waals surface area contributed by atoms with Gasteiger partial charge in [-0.3, -0.25) is 4.98 Å². The number of carbonyl (C=O) groups is 1. The Morgan fingerprint density at radius 3 is 2.41 bits per heavy atom. The van der Waals surface area contributed by atoms with Crippen molar-refractivity contribution in [1.82, 2.24) is 9.88 Å². The molecule has 3 aromatic rings. The number of fused-ring (bicyclic) bond motifs is 3. The van der Waals surface area contributed by atoms with Gasteiger partial charge in [0.05, 0.1) is 6.54 Å². The molecule has 1 aliphatic carbocycles. The zero-order valence-corrected chi connectivity index (χ0v) is 16.0. The summed E-state index contributed by atoms with van der Waals surface area (Å²) in [4.78, 5) is 18.4. The zero-order chi connectivity index (χ0) is 19.8. The van der Waals surface area contributed by atoms with Crippen LogP contribution in [0.5, 0.6) is 0 Å². The first-order chi connectivity index (χ1) is 14.2. The number of ether oxygens (including phenoxy) is 1. The summed E-state index contributed by atoms with van der Waals surface area (Å²) < 4.78 is 5.71. The number of carbonyl (C=O) groups excluding carboxylic acids is 1. The second kappa shape index (κ2) is 7.01. The Bertz CT molecular complexity index is 1010. The molecule has 0 bridgehead atoms. The third-order valence-electron chi connectivity index (χ3n) is 6.04. The standard InChI is InChI=1S/C24H22N2O3/c27-23(26-13-11-24(28,16-26)17-6-5-12-25-14-17)29-15-22-20-9-3-1-7-18(20)19-8-2-4-10-21(19)22/h1-10,12,14,22,28H,11,13,15-16H2. The maximum absolute atomic E-state index is 12.7. The number of likely N-dealkylation sites (tertiary alicyclic amines) is 1. The quantitative estimate of drug-likeness (QED) is 0.741. The van der Waals surface area contributed by atoms with E-state index in [1.54, 1.807) is 23.4 Å². The normalized spacial score (nSPS) is 20.4. The third kappa shape index (κ3) is 3.08. The second-order valence-electron chi connectivity index (χ2n) is 7.75. The second-order valence-corrected chi connectivity index (χ2v) is 7.75. The van der Waals surface area contributed by atoms with Gasteiger partial charge in [0.1, 0.15) is 12.2 Å². The fourth-order valence-corrected chi connectivity index (χ4v) is 4.51. The molecule has 1 saturated heterocycles. The maximum atomic E-state index is 12.7. The average Bonchev–Trinajstić information content (AvgIpc) is 3.32. The summed E-state index contributed by atoms with van der Waals surface area (Å²) in [5.74, 6) is 0.0335. The molecule has 2 aliphatic rings. The van der Waals surface area contributed by atoms with Gasteiger partial charge < -0.3 is 14.7 Å². The Kier molecular flexibility index (Phi) is 4.32. The Morgan fingerprint density at radius 2 is 1.76 bits per heavy atom. The first-order valence-electron chi connectivity index (χ1n) is 9.88. The topological polar surface area (TPSA) is 62.7 Å². The molecule has 146 valence electrons. The van der Waals surface area contributed by atoms with Crippen LogP contribution in [0.15, 0.2) is 73.1 Å². The minimum Gasteiger partial charge on any atom is -0.448 e. The van der Waals surface area contributed by atoms with Gasteiger partial charge in [0.25, 0.3) is 0 Å². The van der Waals surface area contributed by atoms with E-state index in [4.69, 9.17) is 4.74 Å². The number of aromatic nitrogens is 1. The van der Waals surface area contributed by atoms with Crippen molar-refractivity contribution in [3.63, 3.8) is 0 Å². The number of nitrogens with zero attached hydrogens (tertiary/aromatic N) is 2. The smallest absolute Gasteiger partial charge is 0.409 e. The van der Waals surface area contributed by atoms with Gasteiger partial charge in [-0.15, -0.1) is 0 Å². The van der Waals surface area contributed by atoms with Crippen LogP contribution in [0.4, 0.5) is 4.79 Å². The van der Waals surface area contributed by atoms with Gasteiger partial charge in [-0.2, -0.15) is 0 Å². The highest BCUT2D eigenvalue weighted by molar-refractivity contribution is 5.79. The Balaban J connectivity index is 1.30. The van der Waals surface area contributed by atoms with Crippen LogP contribution in [0.2, 0.25) is 0 Å². The third-order valence-corrected chi connectivity index (χ3v) is 6.04. The van der Waals surface area contributed by atoms with Gasteiger partial charge >= 0.3 is 6.09 Å². The van der Waals surface area contributed by atoms with Gasteiger partial charge in [0.2, 0.25) is 0 Å². The van der Waals surface area contributed by atoms with E-state index in [0.717, 1.165) is 5.56 Å². The van der Waals surface area contributed by atoms with Crippen LogP contribution in [-0.4, -0.2) is 40.8 Å². The van der Waals surface area contributed by atoms with Crippen LogP contribution in [0.3, 0.4) is 0 Å². The number of hydrogen-bond acceptors (Lipinski definition) is 4. The fraction of sp³-hybridized carbons (Fsp3) is 0.250. The van der Waals surface area contributed by atoms with Crippen LogP contribution in [-0.2, 0) is 10.3 Å². The molecular weight excluding hydrogens is 364 g/mol. The molecule has 5 heteroatoms. The number of rotatable bonds is 3. The number of amides is 1. The molecule has 1 fully saturated rings. The van der Waals surface area contributed by atoms with Gasteiger partial charge in [0.15, 0.2) is 0 Å². The highest BCUT2D eigenvalue weighted by Crippen LogP contribution is 2.44. The largest absolute Gasteiger partial charge is 0.448 e. The molecule has 29 heavy (non-hydrogen) atoms. The number of hydrogen-bond donors (Lipinski definition) is 1. The summed E-state index contributed by atoms with van der Waals surface area (Å²) in [6.45, 7) is 0.964. The van der Waals surface area contributed by atoms with Gasteiger partial charge in [-0.25, -0.2) is 4.79 Å². The molecule has 2 heterocycles. The fourth-order valence-electron chi connectivity index (χ4n) is 4.51. The predicted molar refractivity (Wildman–Crippen MR) is 109 cm³/mol. The molecule has 1 N–H and O–H groups in total. The monoisotopic (exact) mass is 386 g/mol. The first-order valence-corrected chi connectivity index (χ1v) is 9.88. The molecule has 1 atom stereocenters. The Hall–Kier alpha value is -3.18. The Morgan fingerprint density at radius 1 is 1.07 bits per heavy atom. The maximum Gasteiger partial charge on any atom is 0.409 e. The minimum absolute atomic E-state index is 0.0335. The van der Waals surface area contributed by atoms with Crippen molar-refractivity contribution in [1.29, 1.82) is 0 Å². The van der Waals surface area contributed by atoms with E-state index < -0.39 is 5.60 Å². The number of pyridine rings is 1. The van der Waals surface area contributed by atoms with E-state index in [9.17, 15) is 9.90 Å². The van der Waals surface area contributed by atoms with E-state index >= 15 is 0 Å². The summed E-state index contributed by atoms with van der Waals surface area (Å²) in [6, 6.07) is 20.2. The van der Waals surface area contributed by atoms with Crippen molar-refractivity contribution < 1.29 is 14.6 Å². The lowest BCUT2D eigenvalue weighted by atomic mass is 9.95. The van der Waals surface area contributed by atoms with E-state index in [0.29, 0.717) is 13.0 Å². The highest BCUT2D eigenvalue weighted by Gasteiger charge is 2.41. The molecule has 0 saturated carbocycles. The predicted octanol–water partition coefficient (Wildman–Crippen LogP) is 3.92. The van der Waals surface area contributed by atoms with Crippen molar-refractivity contribution >= 4 is 6.09 Å². The average molecular weight is 386 g/mol. The van der Waals surface area contributed by atoms with Crippen molar-refractivity contribution in [2.45, 2.75) is 17.9 Å². The van der Waals surface area contributed by atoms with Crippen LogP contribution in [0, 0.1) is 0 Å².